The maximum absolute atomic E-state index is 13.0. The number of hydrogen-bond acceptors (Lipinski definition) is 7. The van der Waals surface area contributed by atoms with Crippen LogP contribution in [0.5, 0.6) is 0 Å². The third kappa shape index (κ3) is 4.18. The Morgan fingerprint density at radius 1 is 1.14 bits per heavy atom. The lowest BCUT2D eigenvalue weighted by Crippen LogP contribution is -2.17. The Morgan fingerprint density at radius 3 is 2.74 bits per heavy atom. The highest BCUT2D eigenvalue weighted by atomic mass is 19.4. The molecule has 0 fully saturated rings. The molecule has 12 heteroatoms. The van der Waals surface area contributed by atoms with Gasteiger partial charge < -0.3 is 15.2 Å². The number of carbonyl (C=O) groups excluding carboxylic acids is 1. The molecule has 0 saturated heterocycles. The molecule has 2 N–H and O–H groups in total. The molecule has 2 aromatic rings. The lowest BCUT2D eigenvalue weighted by molar-refractivity contribution is -0.141. The van der Waals surface area contributed by atoms with Crippen molar-refractivity contribution in [1.82, 2.24) is 24.5 Å². The van der Waals surface area contributed by atoms with Gasteiger partial charge in [-0.15, -0.1) is 0 Å². The molecule has 1 amide bonds. The fraction of sp³-hybridized carbons (Fsp3) is 0.217. The van der Waals surface area contributed by atoms with E-state index in [1.165, 1.54) is 0 Å². The van der Waals surface area contributed by atoms with Gasteiger partial charge in [-0.1, -0.05) is 6.07 Å². The summed E-state index contributed by atoms with van der Waals surface area (Å²) in [5, 5.41) is 6.02. The van der Waals surface area contributed by atoms with Crippen LogP contribution in [-0.2, 0) is 12.7 Å². The van der Waals surface area contributed by atoms with Crippen molar-refractivity contribution in [2.75, 3.05) is 24.2 Å². The zero-order chi connectivity index (χ0) is 24.7. The third-order valence-electron chi connectivity index (χ3n) is 5.67. The standard InChI is InChI=1S/C23H19F3N8O/c1-12-3-4-14(32-21(35)17-9-18(23(24,25)26)31-11-30-17)8-15(12)16-7-13-10-29-22(27-2)33-19(13)34-6-5-28-20(16)34/h3-4,7-11,28H,5-6H2,1-2H3,(H,32,35). The summed E-state index contributed by atoms with van der Waals surface area (Å²) in [5.41, 5.74) is 2.74. The molecular weight excluding hydrogens is 461 g/mol. The molecule has 35 heavy (non-hydrogen) atoms. The van der Waals surface area contributed by atoms with Crippen molar-refractivity contribution in [2.45, 2.75) is 19.6 Å². The topological polar surface area (TPSA) is 110 Å². The lowest BCUT2D eigenvalue weighted by atomic mass is 9.98. The number of aryl methyl sites for hydroxylation is 1. The molecule has 0 spiro atoms. The predicted octanol–water partition coefficient (Wildman–Crippen LogP) is 3.38. The number of halogens is 3. The van der Waals surface area contributed by atoms with Gasteiger partial charge in [-0.2, -0.15) is 18.2 Å². The molecule has 5 rings (SSSR count). The molecule has 0 atom stereocenters. The molecule has 0 bridgehead atoms. The van der Waals surface area contributed by atoms with Gasteiger partial charge in [0.1, 0.15) is 29.4 Å². The maximum atomic E-state index is 13.0. The number of rotatable bonds is 3. The number of hydrogen-bond donors (Lipinski definition) is 2. The highest BCUT2D eigenvalue weighted by Crippen LogP contribution is 2.38. The smallest absolute Gasteiger partial charge is 0.369 e. The van der Waals surface area contributed by atoms with Crippen molar-refractivity contribution in [2.24, 2.45) is 4.99 Å². The first-order chi connectivity index (χ1) is 16.7. The van der Waals surface area contributed by atoms with Crippen LogP contribution in [-0.4, -0.2) is 44.0 Å². The molecule has 3 aliphatic heterocycles. The molecule has 9 nitrogen and oxygen atoms in total. The Kier molecular flexibility index (Phi) is 5.42. The van der Waals surface area contributed by atoms with Crippen LogP contribution in [0.15, 0.2) is 47.8 Å². The Morgan fingerprint density at radius 2 is 1.97 bits per heavy atom. The minimum Gasteiger partial charge on any atom is -0.369 e. The molecule has 0 aliphatic carbocycles. The number of nitrogens with one attached hydrogen (secondary N) is 2. The zero-order valence-corrected chi connectivity index (χ0v) is 18.7. The van der Waals surface area contributed by atoms with E-state index in [0.717, 1.165) is 46.8 Å². The lowest BCUT2D eigenvalue weighted by Gasteiger charge is -2.19. The highest BCUT2D eigenvalue weighted by molar-refractivity contribution is 6.03. The fourth-order valence-corrected chi connectivity index (χ4v) is 4.00. The number of aromatic nitrogens is 5. The van der Waals surface area contributed by atoms with Gasteiger partial charge in [-0.3, -0.25) is 9.79 Å². The summed E-state index contributed by atoms with van der Waals surface area (Å²) in [6, 6.07) is 7.88. The first kappa shape index (κ1) is 22.4. The second-order valence-electron chi connectivity index (χ2n) is 7.93. The van der Waals surface area contributed by atoms with Crippen LogP contribution in [0, 0.1) is 6.92 Å². The first-order valence-corrected chi connectivity index (χ1v) is 10.6. The van der Waals surface area contributed by atoms with Crippen molar-refractivity contribution < 1.29 is 18.0 Å². The van der Waals surface area contributed by atoms with Gasteiger partial charge in [0.25, 0.3) is 5.91 Å². The summed E-state index contributed by atoms with van der Waals surface area (Å²) >= 11 is 0. The van der Waals surface area contributed by atoms with Crippen LogP contribution in [0.1, 0.15) is 21.7 Å². The van der Waals surface area contributed by atoms with Crippen LogP contribution < -0.4 is 16.3 Å². The second kappa shape index (κ2) is 8.46. The summed E-state index contributed by atoms with van der Waals surface area (Å²) in [6.07, 6.45) is -2.24. The van der Waals surface area contributed by atoms with E-state index < -0.39 is 17.8 Å². The van der Waals surface area contributed by atoms with Crippen molar-refractivity contribution in [3.05, 3.63) is 65.4 Å². The van der Waals surface area contributed by atoms with Crippen LogP contribution in [0.3, 0.4) is 0 Å². The number of carbonyl (C=O) groups is 1. The average molecular weight is 480 g/mol. The molecule has 178 valence electrons. The van der Waals surface area contributed by atoms with Crippen molar-refractivity contribution >= 4 is 17.4 Å². The van der Waals surface area contributed by atoms with Crippen LogP contribution in [0.4, 0.5) is 24.7 Å². The summed E-state index contributed by atoms with van der Waals surface area (Å²) in [7, 11) is 1.63. The van der Waals surface area contributed by atoms with E-state index in [2.05, 4.69) is 40.1 Å². The Bertz CT molecular complexity index is 1500. The SMILES string of the molecule is CN=c1ncc2cc(-c3cc(NC(=O)c4cc(C(F)(F)F)ncn4)ccc3C)c3n(c-2n1)CCN3. The fourth-order valence-electron chi connectivity index (χ4n) is 4.00. The number of benzene rings is 1. The van der Waals surface area contributed by atoms with Gasteiger partial charge in [-0.05, 0) is 36.2 Å². The van der Waals surface area contributed by atoms with E-state index in [1.54, 1.807) is 25.4 Å². The van der Waals surface area contributed by atoms with E-state index in [-0.39, 0.29) is 5.69 Å². The second-order valence-corrected chi connectivity index (χ2v) is 7.93. The van der Waals surface area contributed by atoms with E-state index in [4.69, 9.17) is 0 Å². The predicted molar refractivity (Wildman–Crippen MR) is 122 cm³/mol. The van der Waals surface area contributed by atoms with Crippen molar-refractivity contribution in [3.63, 3.8) is 0 Å². The Hall–Kier alpha value is -4.35. The minimum atomic E-state index is -4.67. The van der Waals surface area contributed by atoms with E-state index in [1.807, 2.05) is 19.1 Å². The summed E-state index contributed by atoms with van der Waals surface area (Å²) in [6.45, 7) is 3.37. The molecule has 4 heterocycles. The number of pyridine rings is 1. The van der Waals surface area contributed by atoms with Gasteiger partial charge in [0.05, 0.1) is 0 Å². The van der Waals surface area contributed by atoms with Crippen LogP contribution in [0.2, 0.25) is 0 Å². The summed E-state index contributed by atoms with van der Waals surface area (Å²) in [4.78, 5) is 32.4. The summed E-state index contributed by atoms with van der Waals surface area (Å²) in [5.74, 6) is 0.860. The zero-order valence-electron chi connectivity index (χ0n) is 18.7. The van der Waals surface area contributed by atoms with Gasteiger partial charge in [0.15, 0.2) is 0 Å². The van der Waals surface area contributed by atoms with Crippen LogP contribution in [0.25, 0.3) is 22.5 Å². The monoisotopic (exact) mass is 480 g/mol. The normalized spacial score (nSPS) is 13.6. The number of fused-ring (bicyclic) bond motifs is 3. The van der Waals surface area contributed by atoms with Crippen LogP contribution >= 0.6 is 0 Å². The molecule has 0 saturated carbocycles. The van der Waals surface area contributed by atoms with Crippen molar-refractivity contribution in [1.29, 1.82) is 0 Å². The quantitative estimate of drug-likeness (QED) is 0.465. The van der Waals surface area contributed by atoms with Gasteiger partial charge in [0, 0.05) is 49.2 Å². The molecule has 1 aromatic carbocycles. The van der Waals surface area contributed by atoms with Gasteiger partial charge in [-0.25, -0.2) is 15.0 Å². The number of anilines is 2. The van der Waals surface area contributed by atoms with Gasteiger partial charge >= 0.3 is 6.18 Å². The molecule has 3 aliphatic rings. The third-order valence-corrected chi connectivity index (χ3v) is 5.67. The van der Waals surface area contributed by atoms with E-state index >= 15 is 0 Å². The summed E-state index contributed by atoms with van der Waals surface area (Å²) < 4.78 is 40.9. The Labute approximate surface area is 197 Å². The number of alkyl halides is 3. The molecule has 0 unspecified atom stereocenters. The highest BCUT2D eigenvalue weighted by Gasteiger charge is 2.33. The molecular formula is C23H19F3N8O. The maximum Gasteiger partial charge on any atom is 0.433 e. The number of nitrogens with zero attached hydrogens (tertiary/aromatic N) is 6. The van der Waals surface area contributed by atoms with E-state index in [9.17, 15) is 18.0 Å². The Balaban J connectivity index is 1.54. The minimum absolute atomic E-state index is 0.382. The van der Waals surface area contributed by atoms with Gasteiger partial charge in [0.2, 0.25) is 5.62 Å². The van der Waals surface area contributed by atoms with Crippen molar-refractivity contribution in [3.8, 4) is 22.5 Å². The average Bonchev–Trinajstić information content (AvgIpc) is 3.34. The molecule has 1 aromatic heterocycles. The largest absolute Gasteiger partial charge is 0.433 e. The number of amides is 1. The first-order valence-electron chi connectivity index (χ1n) is 10.6. The van der Waals surface area contributed by atoms with E-state index in [0.29, 0.717) is 23.9 Å². The molecule has 0 radical (unpaired) electrons.